The van der Waals surface area contributed by atoms with Crippen LogP contribution in [0.15, 0.2) is 24.4 Å². The van der Waals surface area contributed by atoms with Crippen molar-refractivity contribution < 1.29 is 4.74 Å². The van der Waals surface area contributed by atoms with Crippen LogP contribution in [0.3, 0.4) is 0 Å². The van der Waals surface area contributed by atoms with E-state index in [0.29, 0.717) is 6.04 Å². The van der Waals surface area contributed by atoms with Gasteiger partial charge in [-0.2, -0.15) is 5.10 Å². The highest BCUT2D eigenvalue weighted by Crippen LogP contribution is 2.27. The monoisotopic (exact) mass is 271 g/mol. The van der Waals surface area contributed by atoms with Crippen molar-refractivity contribution in [2.75, 3.05) is 12.4 Å². The Morgan fingerprint density at radius 2 is 2.20 bits per heavy atom. The molecule has 2 aromatic rings. The smallest absolute Gasteiger partial charge is 0.119 e. The van der Waals surface area contributed by atoms with Crippen molar-refractivity contribution >= 4 is 5.69 Å². The number of nitrogens with zero attached hydrogens (tertiary/aromatic N) is 2. The molecule has 106 valence electrons. The second kappa shape index (κ2) is 5.19. The number of methoxy groups -OCH3 is 1. The Morgan fingerprint density at radius 1 is 1.35 bits per heavy atom. The molecular weight excluding hydrogens is 250 g/mol. The van der Waals surface area contributed by atoms with Crippen molar-refractivity contribution in [2.24, 2.45) is 7.05 Å². The van der Waals surface area contributed by atoms with Gasteiger partial charge in [0.1, 0.15) is 5.75 Å². The van der Waals surface area contributed by atoms with E-state index in [1.54, 1.807) is 7.11 Å². The maximum atomic E-state index is 5.32. The summed E-state index contributed by atoms with van der Waals surface area (Å²) in [6, 6.07) is 6.88. The topological polar surface area (TPSA) is 39.1 Å². The fourth-order valence-corrected chi connectivity index (χ4v) is 2.94. The fraction of sp³-hybridized carbons (Fsp3) is 0.438. The summed E-state index contributed by atoms with van der Waals surface area (Å²) in [6.07, 6.45) is 5.38. The van der Waals surface area contributed by atoms with E-state index in [2.05, 4.69) is 34.8 Å². The number of ether oxygens (including phenoxy) is 1. The molecular formula is C16H21N3O. The lowest BCUT2D eigenvalue weighted by atomic mass is 9.88. The average Bonchev–Trinajstić information content (AvgIpc) is 2.76. The lowest BCUT2D eigenvalue weighted by Crippen LogP contribution is -2.27. The van der Waals surface area contributed by atoms with Gasteiger partial charge in [0.2, 0.25) is 0 Å². The summed E-state index contributed by atoms with van der Waals surface area (Å²) in [4.78, 5) is 0. The van der Waals surface area contributed by atoms with Gasteiger partial charge >= 0.3 is 0 Å². The number of aryl methyl sites for hydroxylation is 3. The minimum Gasteiger partial charge on any atom is -0.497 e. The number of aromatic nitrogens is 2. The van der Waals surface area contributed by atoms with Gasteiger partial charge in [0.05, 0.1) is 18.5 Å². The van der Waals surface area contributed by atoms with E-state index < -0.39 is 0 Å². The molecule has 0 fully saturated rings. The third-order valence-electron chi connectivity index (χ3n) is 4.01. The normalized spacial score (nSPS) is 17.6. The van der Waals surface area contributed by atoms with Crippen LogP contribution < -0.4 is 10.1 Å². The number of hydrogen-bond acceptors (Lipinski definition) is 3. The van der Waals surface area contributed by atoms with Crippen molar-refractivity contribution in [1.29, 1.82) is 0 Å². The molecule has 4 heteroatoms. The molecule has 1 unspecified atom stereocenters. The molecule has 1 aliphatic rings. The second-order valence-corrected chi connectivity index (χ2v) is 5.52. The van der Waals surface area contributed by atoms with Crippen LogP contribution in [-0.4, -0.2) is 22.9 Å². The highest BCUT2D eigenvalue weighted by atomic mass is 16.5. The van der Waals surface area contributed by atoms with E-state index in [1.165, 1.54) is 11.1 Å². The zero-order valence-corrected chi connectivity index (χ0v) is 12.3. The first-order valence-corrected chi connectivity index (χ1v) is 7.08. The van der Waals surface area contributed by atoms with Gasteiger partial charge in [-0.05, 0) is 49.4 Å². The van der Waals surface area contributed by atoms with E-state index in [9.17, 15) is 0 Å². The second-order valence-electron chi connectivity index (χ2n) is 5.52. The summed E-state index contributed by atoms with van der Waals surface area (Å²) in [5.41, 5.74) is 5.05. The SMILES string of the molecule is COc1ccc2c(c1)CC(Nc1cn(C)nc1C)CC2. The molecule has 1 heterocycles. The highest BCUT2D eigenvalue weighted by molar-refractivity contribution is 5.48. The molecule has 1 atom stereocenters. The van der Waals surface area contributed by atoms with Crippen LogP contribution in [0.1, 0.15) is 23.2 Å². The van der Waals surface area contributed by atoms with Crippen molar-refractivity contribution in [3.05, 3.63) is 41.2 Å². The number of anilines is 1. The molecule has 3 rings (SSSR count). The standard InChI is InChI=1S/C16H21N3O/c1-11-16(10-19(2)18-11)17-14-6-4-12-5-7-15(20-3)9-13(12)8-14/h5,7,9-10,14,17H,4,6,8H2,1-3H3. The van der Waals surface area contributed by atoms with E-state index in [0.717, 1.165) is 36.4 Å². The van der Waals surface area contributed by atoms with Crippen molar-refractivity contribution in [1.82, 2.24) is 9.78 Å². The van der Waals surface area contributed by atoms with Gasteiger partial charge in [-0.3, -0.25) is 4.68 Å². The summed E-state index contributed by atoms with van der Waals surface area (Å²) in [5.74, 6) is 0.946. The summed E-state index contributed by atoms with van der Waals surface area (Å²) in [6.45, 7) is 2.04. The third-order valence-corrected chi connectivity index (χ3v) is 4.01. The number of hydrogen-bond donors (Lipinski definition) is 1. The average molecular weight is 271 g/mol. The van der Waals surface area contributed by atoms with Crippen LogP contribution in [0.5, 0.6) is 5.75 Å². The summed E-state index contributed by atoms with van der Waals surface area (Å²) >= 11 is 0. The van der Waals surface area contributed by atoms with E-state index in [4.69, 9.17) is 4.74 Å². The predicted octanol–water partition coefficient (Wildman–Crippen LogP) is 2.71. The predicted molar refractivity (Wildman–Crippen MR) is 80.4 cm³/mol. The van der Waals surface area contributed by atoms with Crippen LogP contribution >= 0.6 is 0 Å². The molecule has 0 saturated heterocycles. The van der Waals surface area contributed by atoms with Gasteiger partial charge in [-0.15, -0.1) is 0 Å². The summed E-state index contributed by atoms with van der Waals surface area (Å²) in [5, 5.41) is 8.01. The van der Waals surface area contributed by atoms with Gasteiger partial charge in [0, 0.05) is 19.3 Å². The minimum atomic E-state index is 0.470. The lowest BCUT2D eigenvalue weighted by molar-refractivity contribution is 0.413. The Labute approximate surface area is 119 Å². The first-order chi connectivity index (χ1) is 9.65. The Balaban J connectivity index is 1.76. The Hall–Kier alpha value is -1.97. The zero-order chi connectivity index (χ0) is 14.1. The first-order valence-electron chi connectivity index (χ1n) is 7.08. The third kappa shape index (κ3) is 2.50. The molecule has 0 bridgehead atoms. The molecule has 1 N–H and O–H groups in total. The number of nitrogens with one attached hydrogen (secondary N) is 1. The molecule has 20 heavy (non-hydrogen) atoms. The zero-order valence-electron chi connectivity index (χ0n) is 12.3. The Kier molecular flexibility index (Phi) is 3.38. The quantitative estimate of drug-likeness (QED) is 0.933. The van der Waals surface area contributed by atoms with Crippen LogP contribution in [0.25, 0.3) is 0 Å². The lowest BCUT2D eigenvalue weighted by Gasteiger charge is -2.26. The van der Waals surface area contributed by atoms with E-state index in [-0.39, 0.29) is 0 Å². The molecule has 1 aromatic carbocycles. The molecule has 1 aromatic heterocycles. The van der Waals surface area contributed by atoms with Gasteiger partial charge in [0.25, 0.3) is 0 Å². The van der Waals surface area contributed by atoms with Crippen LogP contribution in [0.4, 0.5) is 5.69 Å². The molecule has 0 radical (unpaired) electrons. The molecule has 0 spiro atoms. The van der Waals surface area contributed by atoms with Gasteiger partial charge in [0.15, 0.2) is 0 Å². The molecule has 0 saturated carbocycles. The highest BCUT2D eigenvalue weighted by Gasteiger charge is 2.20. The fourth-order valence-electron chi connectivity index (χ4n) is 2.94. The van der Waals surface area contributed by atoms with Gasteiger partial charge < -0.3 is 10.1 Å². The van der Waals surface area contributed by atoms with Crippen LogP contribution in [0, 0.1) is 6.92 Å². The Bertz CT molecular complexity index is 618. The van der Waals surface area contributed by atoms with Crippen molar-refractivity contribution in [3.8, 4) is 5.75 Å². The molecule has 0 amide bonds. The van der Waals surface area contributed by atoms with Crippen molar-refractivity contribution in [2.45, 2.75) is 32.2 Å². The van der Waals surface area contributed by atoms with Gasteiger partial charge in [-0.1, -0.05) is 6.07 Å². The number of benzene rings is 1. The molecule has 0 aliphatic heterocycles. The van der Waals surface area contributed by atoms with E-state index >= 15 is 0 Å². The van der Waals surface area contributed by atoms with Crippen molar-refractivity contribution in [3.63, 3.8) is 0 Å². The summed E-state index contributed by atoms with van der Waals surface area (Å²) < 4.78 is 7.18. The molecule has 1 aliphatic carbocycles. The maximum Gasteiger partial charge on any atom is 0.119 e. The van der Waals surface area contributed by atoms with Gasteiger partial charge in [-0.25, -0.2) is 0 Å². The first kappa shape index (κ1) is 13.0. The Morgan fingerprint density at radius 3 is 2.90 bits per heavy atom. The van der Waals surface area contributed by atoms with Crippen LogP contribution in [0.2, 0.25) is 0 Å². The van der Waals surface area contributed by atoms with Crippen LogP contribution in [-0.2, 0) is 19.9 Å². The van der Waals surface area contributed by atoms with E-state index in [1.807, 2.05) is 18.7 Å². The summed E-state index contributed by atoms with van der Waals surface area (Å²) in [7, 11) is 3.68. The largest absolute Gasteiger partial charge is 0.497 e. The molecule has 4 nitrogen and oxygen atoms in total. The minimum absolute atomic E-state index is 0.470. The maximum absolute atomic E-state index is 5.32. The number of fused-ring (bicyclic) bond motifs is 1. The number of rotatable bonds is 3.